The van der Waals surface area contributed by atoms with E-state index in [1.165, 1.54) is 0 Å². The number of hydrogen-bond donors (Lipinski definition) is 0. The largest absolute Gasteiger partial charge is 0.462 e. The van der Waals surface area contributed by atoms with Crippen LogP contribution >= 0.6 is 0 Å². The molecule has 6 nitrogen and oxygen atoms in total. The zero-order valence-electron chi connectivity index (χ0n) is 15.3. The number of aromatic nitrogens is 4. The average molecular weight is 360 g/mol. The predicted molar refractivity (Wildman–Crippen MR) is 103 cm³/mol. The van der Waals surface area contributed by atoms with Gasteiger partial charge in [0.1, 0.15) is 5.56 Å². The number of carbonyl (C=O) groups excluding carboxylic acids is 1. The summed E-state index contributed by atoms with van der Waals surface area (Å²) in [6.07, 6.45) is 0. The lowest BCUT2D eigenvalue weighted by Gasteiger charge is -2.05. The van der Waals surface area contributed by atoms with Gasteiger partial charge in [0, 0.05) is 5.56 Å². The van der Waals surface area contributed by atoms with E-state index in [0.717, 1.165) is 11.1 Å². The molecule has 0 aliphatic heterocycles. The number of rotatable bonds is 5. The Bertz CT molecular complexity index is 1080. The normalized spacial score (nSPS) is 11.0. The number of fused-ring (bicyclic) bond motifs is 1. The van der Waals surface area contributed by atoms with E-state index in [1.54, 1.807) is 11.4 Å². The van der Waals surface area contributed by atoms with Crippen LogP contribution in [0.15, 0.2) is 60.7 Å². The topological polar surface area (TPSA) is 61.4 Å². The van der Waals surface area contributed by atoms with Gasteiger partial charge in [0.15, 0.2) is 11.5 Å². The third kappa shape index (κ3) is 3.10. The maximum atomic E-state index is 12.6. The van der Waals surface area contributed by atoms with E-state index in [4.69, 9.17) is 9.84 Å². The monoisotopic (exact) mass is 360 g/mol. The lowest BCUT2D eigenvalue weighted by molar-refractivity contribution is 0.0527. The van der Waals surface area contributed by atoms with Gasteiger partial charge in [0.25, 0.3) is 0 Å². The highest BCUT2D eigenvalue weighted by Gasteiger charge is 2.25. The molecule has 0 bridgehead atoms. The zero-order chi connectivity index (χ0) is 18.8. The van der Waals surface area contributed by atoms with Crippen molar-refractivity contribution < 1.29 is 9.53 Å². The van der Waals surface area contributed by atoms with Crippen LogP contribution < -0.4 is 0 Å². The molecule has 0 aliphatic rings. The second kappa shape index (κ2) is 7.07. The van der Waals surface area contributed by atoms with E-state index in [-0.39, 0.29) is 5.97 Å². The lowest BCUT2D eigenvalue weighted by Crippen LogP contribution is -2.09. The van der Waals surface area contributed by atoms with Gasteiger partial charge in [-0.15, -0.1) is 0 Å². The Morgan fingerprint density at radius 1 is 1.00 bits per heavy atom. The Hall–Kier alpha value is -3.41. The Morgan fingerprint density at radius 2 is 1.67 bits per heavy atom. The fourth-order valence-corrected chi connectivity index (χ4v) is 3.18. The molecule has 0 aliphatic carbocycles. The standard InChI is InChI=1S/C21H20N4O2/c1-3-27-21(26)18-15(2)22-25-19(17-12-8-5-9-13-17)23-24(20(18)25)14-16-10-6-4-7-11-16/h4-13H,3,14H2,1-2H3. The van der Waals surface area contributed by atoms with E-state index >= 15 is 0 Å². The zero-order valence-corrected chi connectivity index (χ0v) is 15.3. The van der Waals surface area contributed by atoms with Gasteiger partial charge in [-0.1, -0.05) is 60.7 Å². The molecule has 136 valence electrons. The summed E-state index contributed by atoms with van der Waals surface area (Å²) in [5.74, 6) is 0.319. The Kier molecular flexibility index (Phi) is 4.46. The first-order valence-corrected chi connectivity index (χ1v) is 8.91. The molecule has 4 rings (SSSR count). The van der Waals surface area contributed by atoms with Crippen molar-refractivity contribution in [3.63, 3.8) is 0 Å². The van der Waals surface area contributed by atoms with Crippen LogP contribution in [0.4, 0.5) is 0 Å². The Labute approximate surface area is 157 Å². The van der Waals surface area contributed by atoms with Crippen LogP contribution in [0.3, 0.4) is 0 Å². The number of aryl methyl sites for hydroxylation is 1. The highest BCUT2D eigenvalue weighted by atomic mass is 16.5. The molecule has 0 fully saturated rings. The van der Waals surface area contributed by atoms with Gasteiger partial charge in [-0.05, 0) is 19.4 Å². The van der Waals surface area contributed by atoms with E-state index in [2.05, 4.69) is 5.10 Å². The molecule has 0 unspecified atom stereocenters. The summed E-state index contributed by atoms with van der Waals surface area (Å²) in [6, 6.07) is 19.9. The number of benzene rings is 2. The SMILES string of the molecule is CCOC(=O)c1c(C)nn2c(-c3ccccc3)nn(Cc3ccccc3)c12. The molecule has 2 heterocycles. The molecule has 0 radical (unpaired) electrons. The molecular formula is C21H20N4O2. The molecule has 2 aromatic carbocycles. The second-order valence-electron chi connectivity index (χ2n) is 6.25. The first-order valence-electron chi connectivity index (χ1n) is 8.91. The number of esters is 1. The van der Waals surface area contributed by atoms with Crippen LogP contribution in [0.2, 0.25) is 0 Å². The highest BCUT2D eigenvalue weighted by molar-refractivity contribution is 5.97. The maximum absolute atomic E-state index is 12.6. The smallest absolute Gasteiger partial charge is 0.343 e. The van der Waals surface area contributed by atoms with Crippen molar-refractivity contribution in [1.29, 1.82) is 0 Å². The summed E-state index contributed by atoms with van der Waals surface area (Å²) in [5.41, 5.74) is 3.77. The number of ether oxygens (including phenoxy) is 1. The van der Waals surface area contributed by atoms with E-state index in [0.29, 0.717) is 35.9 Å². The molecule has 0 atom stereocenters. The predicted octanol–water partition coefficient (Wildman–Crippen LogP) is 3.73. The van der Waals surface area contributed by atoms with Crippen LogP contribution in [0.5, 0.6) is 0 Å². The summed E-state index contributed by atoms with van der Waals surface area (Å²) in [5, 5.41) is 9.36. The van der Waals surface area contributed by atoms with Gasteiger partial charge in [-0.25, -0.2) is 9.48 Å². The van der Waals surface area contributed by atoms with Crippen LogP contribution in [0.25, 0.3) is 17.0 Å². The van der Waals surface area contributed by atoms with Gasteiger partial charge in [-0.3, -0.25) is 0 Å². The molecule has 2 aromatic heterocycles. The number of hydrogen-bond acceptors (Lipinski definition) is 4. The second-order valence-corrected chi connectivity index (χ2v) is 6.25. The van der Waals surface area contributed by atoms with Crippen molar-refractivity contribution >= 4 is 11.6 Å². The minimum atomic E-state index is -0.376. The molecule has 0 N–H and O–H groups in total. The average Bonchev–Trinajstić information content (AvgIpc) is 3.20. The first-order chi connectivity index (χ1) is 13.2. The molecule has 27 heavy (non-hydrogen) atoms. The number of nitrogens with zero attached hydrogens (tertiary/aromatic N) is 4. The summed E-state index contributed by atoms with van der Waals surface area (Å²) in [6.45, 7) is 4.47. The first kappa shape index (κ1) is 17.0. The third-order valence-electron chi connectivity index (χ3n) is 4.38. The van der Waals surface area contributed by atoms with Gasteiger partial charge < -0.3 is 4.74 Å². The van der Waals surface area contributed by atoms with Crippen molar-refractivity contribution in [2.75, 3.05) is 6.61 Å². The molecule has 0 saturated heterocycles. The number of carbonyl (C=O) groups is 1. The third-order valence-corrected chi connectivity index (χ3v) is 4.38. The van der Waals surface area contributed by atoms with Crippen LogP contribution in [-0.4, -0.2) is 32.0 Å². The van der Waals surface area contributed by atoms with Gasteiger partial charge in [0.05, 0.1) is 18.8 Å². The summed E-state index contributed by atoms with van der Waals surface area (Å²) in [7, 11) is 0. The van der Waals surface area contributed by atoms with Crippen molar-refractivity contribution in [2.45, 2.75) is 20.4 Å². The van der Waals surface area contributed by atoms with E-state index in [9.17, 15) is 4.79 Å². The molecule has 0 spiro atoms. The minimum absolute atomic E-state index is 0.313. The van der Waals surface area contributed by atoms with Crippen molar-refractivity contribution in [3.8, 4) is 11.4 Å². The van der Waals surface area contributed by atoms with Crippen molar-refractivity contribution in [1.82, 2.24) is 19.4 Å². The van der Waals surface area contributed by atoms with Crippen molar-refractivity contribution in [3.05, 3.63) is 77.5 Å². The van der Waals surface area contributed by atoms with E-state index in [1.807, 2.05) is 72.3 Å². The van der Waals surface area contributed by atoms with Crippen LogP contribution in [-0.2, 0) is 11.3 Å². The van der Waals surface area contributed by atoms with Crippen LogP contribution in [0, 0.1) is 6.92 Å². The fourth-order valence-electron chi connectivity index (χ4n) is 3.18. The molecular weight excluding hydrogens is 340 g/mol. The quantitative estimate of drug-likeness (QED) is 0.509. The summed E-state index contributed by atoms with van der Waals surface area (Å²) >= 11 is 0. The lowest BCUT2D eigenvalue weighted by atomic mass is 10.2. The summed E-state index contributed by atoms with van der Waals surface area (Å²) in [4.78, 5) is 12.6. The Morgan fingerprint density at radius 3 is 2.33 bits per heavy atom. The van der Waals surface area contributed by atoms with Gasteiger partial charge in [0.2, 0.25) is 0 Å². The summed E-state index contributed by atoms with van der Waals surface area (Å²) < 4.78 is 8.82. The molecule has 4 aromatic rings. The van der Waals surface area contributed by atoms with Crippen molar-refractivity contribution in [2.24, 2.45) is 0 Å². The molecule has 0 amide bonds. The molecule has 0 saturated carbocycles. The highest BCUT2D eigenvalue weighted by Crippen LogP contribution is 2.25. The van der Waals surface area contributed by atoms with Gasteiger partial charge >= 0.3 is 5.97 Å². The van der Waals surface area contributed by atoms with Gasteiger partial charge in [-0.2, -0.15) is 14.7 Å². The van der Waals surface area contributed by atoms with E-state index < -0.39 is 0 Å². The Balaban J connectivity index is 1.93. The van der Waals surface area contributed by atoms with Crippen LogP contribution in [0.1, 0.15) is 28.5 Å². The fraction of sp³-hybridized carbons (Fsp3) is 0.190. The minimum Gasteiger partial charge on any atom is -0.462 e. The maximum Gasteiger partial charge on any atom is 0.343 e. The molecule has 6 heteroatoms.